The fourth-order valence-corrected chi connectivity index (χ4v) is 5.02. The summed E-state index contributed by atoms with van der Waals surface area (Å²) in [6.07, 6.45) is 5.58. The van der Waals surface area contributed by atoms with Crippen LogP contribution in [0.5, 0.6) is 0 Å². The van der Waals surface area contributed by atoms with Crippen molar-refractivity contribution in [3.63, 3.8) is 0 Å². The van der Waals surface area contributed by atoms with Gasteiger partial charge in [-0.2, -0.15) is 0 Å². The van der Waals surface area contributed by atoms with E-state index < -0.39 is 5.76 Å². The van der Waals surface area contributed by atoms with Gasteiger partial charge in [-0.25, -0.2) is 9.78 Å². The van der Waals surface area contributed by atoms with E-state index in [0.29, 0.717) is 18.8 Å². The number of aromatic nitrogens is 4. The third-order valence-electron chi connectivity index (χ3n) is 6.96. The molecule has 0 amide bonds. The number of H-pyrrole nitrogens is 1. The van der Waals surface area contributed by atoms with Crippen molar-refractivity contribution in [1.29, 1.82) is 0 Å². The number of hydrogen-bond acceptors (Lipinski definition) is 6. The van der Waals surface area contributed by atoms with E-state index in [-0.39, 0.29) is 41.2 Å². The van der Waals surface area contributed by atoms with Gasteiger partial charge in [0, 0.05) is 36.3 Å². The molecule has 1 aliphatic heterocycles. The molecule has 8 nitrogen and oxygen atoms in total. The van der Waals surface area contributed by atoms with Crippen LogP contribution in [-0.2, 0) is 24.1 Å². The van der Waals surface area contributed by atoms with Crippen LogP contribution in [0.1, 0.15) is 55.3 Å². The second-order valence-corrected chi connectivity index (χ2v) is 9.61. The SMILES string of the molecule is CCCc1nc(C)c(CC2CCCCO2)c(=O)n1Cc1ccc(-c2ccccc2-c2noc(=O)[nH]2)cc1.[NaH]. The van der Waals surface area contributed by atoms with Crippen LogP contribution in [0.15, 0.2) is 62.6 Å². The Hall–Kier alpha value is -2.78. The summed E-state index contributed by atoms with van der Waals surface area (Å²) < 4.78 is 12.4. The number of hydrogen-bond donors (Lipinski definition) is 1. The Morgan fingerprint density at radius 1 is 1.05 bits per heavy atom. The number of ether oxygens (including phenoxy) is 1. The molecule has 38 heavy (non-hydrogen) atoms. The average Bonchev–Trinajstić information content (AvgIpc) is 3.36. The van der Waals surface area contributed by atoms with E-state index in [4.69, 9.17) is 14.2 Å². The zero-order valence-electron chi connectivity index (χ0n) is 21.3. The number of nitrogens with one attached hydrogen (secondary N) is 1. The predicted molar refractivity (Wildman–Crippen MR) is 149 cm³/mol. The molecule has 2 aromatic carbocycles. The van der Waals surface area contributed by atoms with Gasteiger partial charge in [0.25, 0.3) is 5.56 Å². The summed E-state index contributed by atoms with van der Waals surface area (Å²) in [6.45, 7) is 5.27. The van der Waals surface area contributed by atoms with Crippen molar-refractivity contribution < 1.29 is 9.26 Å². The first-order valence-electron chi connectivity index (χ1n) is 13.0. The quantitative estimate of drug-likeness (QED) is 0.349. The van der Waals surface area contributed by atoms with E-state index in [1.165, 1.54) is 0 Å². The van der Waals surface area contributed by atoms with Gasteiger partial charge in [0.2, 0.25) is 0 Å². The molecule has 0 bridgehead atoms. The fourth-order valence-electron chi connectivity index (χ4n) is 5.02. The third kappa shape index (κ3) is 6.26. The molecule has 1 fully saturated rings. The summed E-state index contributed by atoms with van der Waals surface area (Å²) >= 11 is 0. The van der Waals surface area contributed by atoms with Gasteiger partial charge in [0.15, 0.2) is 5.82 Å². The van der Waals surface area contributed by atoms with E-state index in [1.54, 1.807) is 0 Å². The fraction of sp³-hybridized carbons (Fsp3) is 0.379. The Kier molecular flexibility index (Phi) is 9.54. The molecule has 194 valence electrons. The van der Waals surface area contributed by atoms with Crippen LogP contribution in [-0.4, -0.2) is 62.0 Å². The Morgan fingerprint density at radius 3 is 2.47 bits per heavy atom. The van der Waals surface area contributed by atoms with Crippen LogP contribution in [0.25, 0.3) is 22.5 Å². The van der Waals surface area contributed by atoms with Crippen LogP contribution in [0.2, 0.25) is 0 Å². The van der Waals surface area contributed by atoms with Gasteiger partial charge in [-0.3, -0.25) is 18.9 Å². The minimum atomic E-state index is -0.588. The number of benzene rings is 2. The molecule has 0 aliphatic carbocycles. The summed E-state index contributed by atoms with van der Waals surface area (Å²) in [5.41, 5.74) is 5.31. The van der Waals surface area contributed by atoms with Gasteiger partial charge in [-0.15, -0.1) is 0 Å². The zero-order chi connectivity index (χ0) is 25.8. The molecule has 0 spiro atoms. The molecule has 1 unspecified atom stereocenters. The van der Waals surface area contributed by atoms with Crippen molar-refractivity contribution in [1.82, 2.24) is 19.7 Å². The van der Waals surface area contributed by atoms with Crippen molar-refractivity contribution >= 4 is 29.6 Å². The topological polar surface area (TPSA) is 103 Å². The first-order valence-corrected chi connectivity index (χ1v) is 13.0. The molecule has 4 aromatic rings. The molecule has 1 aliphatic rings. The van der Waals surface area contributed by atoms with Crippen molar-refractivity contribution in [2.75, 3.05) is 6.61 Å². The average molecular weight is 525 g/mol. The number of aryl methyl sites for hydroxylation is 2. The predicted octanol–water partition coefficient (Wildman–Crippen LogP) is 4.03. The number of aromatic amines is 1. The maximum absolute atomic E-state index is 13.7. The molecular weight excluding hydrogens is 491 g/mol. The minimum absolute atomic E-state index is 0. The zero-order valence-corrected chi connectivity index (χ0v) is 21.3. The van der Waals surface area contributed by atoms with Gasteiger partial charge in [0.05, 0.1) is 12.6 Å². The van der Waals surface area contributed by atoms with Gasteiger partial charge in [-0.1, -0.05) is 60.6 Å². The molecule has 5 rings (SSSR count). The van der Waals surface area contributed by atoms with Crippen LogP contribution < -0.4 is 11.3 Å². The summed E-state index contributed by atoms with van der Waals surface area (Å²) in [5, 5.41) is 3.84. The summed E-state index contributed by atoms with van der Waals surface area (Å²) in [4.78, 5) is 32.6. The monoisotopic (exact) mass is 524 g/mol. The number of nitrogens with zero attached hydrogens (tertiary/aromatic N) is 3. The normalized spacial score (nSPS) is 15.3. The molecular formula is C29H33N4NaO4. The van der Waals surface area contributed by atoms with Gasteiger partial charge >= 0.3 is 35.3 Å². The Morgan fingerprint density at radius 2 is 1.82 bits per heavy atom. The van der Waals surface area contributed by atoms with E-state index in [9.17, 15) is 9.59 Å². The summed E-state index contributed by atoms with van der Waals surface area (Å²) in [7, 11) is 0. The molecule has 0 radical (unpaired) electrons. The van der Waals surface area contributed by atoms with Crippen molar-refractivity contribution in [3.8, 4) is 22.5 Å². The van der Waals surface area contributed by atoms with Crippen LogP contribution in [0.4, 0.5) is 0 Å². The first-order chi connectivity index (χ1) is 18.0. The van der Waals surface area contributed by atoms with E-state index >= 15 is 0 Å². The molecule has 0 saturated carbocycles. The first kappa shape index (κ1) is 28.2. The Balaban J connectivity index is 0.00000336. The van der Waals surface area contributed by atoms with Gasteiger partial charge in [0.1, 0.15) is 5.82 Å². The van der Waals surface area contributed by atoms with Crippen LogP contribution in [0.3, 0.4) is 0 Å². The van der Waals surface area contributed by atoms with Gasteiger partial charge < -0.3 is 4.74 Å². The molecule has 1 saturated heterocycles. The summed E-state index contributed by atoms with van der Waals surface area (Å²) in [6, 6.07) is 15.8. The second-order valence-electron chi connectivity index (χ2n) is 9.61. The molecule has 9 heteroatoms. The number of rotatable bonds is 8. The molecule has 3 heterocycles. The van der Waals surface area contributed by atoms with E-state index in [2.05, 4.69) is 17.1 Å². The van der Waals surface area contributed by atoms with E-state index in [0.717, 1.165) is 78.0 Å². The Bertz CT molecular complexity index is 1480. The second kappa shape index (κ2) is 12.8. The van der Waals surface area contributed by atoms with Crippen LogP contribution >= 0.6 is 0 Å². The molecule has 1 atom stereocenters. The molecule has 1 N–H and O–H groups in total. The van der Waals surface area contributed by atoms with E-state index in [1.807, 2.05) is 60.0 Å². The van der Waals surface area contributed by atoms with Gasteiger partial charge in [-0.05, 0) is 49.3 Å². The summed E-state index contributed by atoms with van der Waals surface area (Å²) in [5.74, 6) is 0.623. The van der Waals surface area contributed by atoms with Crippen molar-refractivity contribution in [3.05, 3.63) is 92.1 Å². The van der Waals surface area contributed by atoms with Crippen LogP contribution in [0, 0.1) is 6.92 Å². The van der Waals surface area contributed by atoms with Crippen molar-refractivity contribution in [2.24, 2.45) is 0 Å². The maximum atomic E-state index is 13.7. The van der Waals surface area contributed by atoms with Crippen molar-refractivity contribution in [2.45, 2.75) is 65.0 Å². The Labute approximate surface area is 243 Å². The standard InChI is InChI=1S/C29H32N4O4.Na.H/c1-3-8-26-30-19(2)25(17-22-9-6-7-16-36-22)28(34)33(26)18-20-12-14-21(15-13-20)23-10-4-5-11-24(23)27-31-29(35)37-32-27;;/h4-5,10-15,22H,3,6-9,16-18H2,1-2H3,(H,31,32,35);;. The third-order valence-corrected chi connectivity index (χ3v) is 6.96. The molecule has 2 aromatic heterocycles.